The van der Waals surface area contributed by atoms with Crippen molar-refractivity contribution in [2.45, 2.75) is 25.3 Å². The van der Waals surface area contributed by atoms with Crippen LogP contribution in [0.1, 0.15) is 24.7 Å². The van der Waals surface area contributed by atoms with Gasteiger partial charge in [-0.1, -0.05) is 17.3 Å². The fraction of sp³-hybridized carbons (Fsp3) is 0.333. The first-order chi connectivity index (χ1) is 14.6. The number of para-hydroxylation sites is 2. The second-order valence-electron chi connectivity index (χ2n) is 7.54. The number of benzene rings is 1. The highest BCUT2D eigenvalue weighted by Crippen LogP contribution is 2.28. The predicted molar refractivity (Wildman–Crippen MR) is 108 cm³/mol. The van der Waals surface area contributed by atoms with Crippen LogP contribution < -0.4 is 5.76 Å². The predicted octanol–water partition coefficient (Wildman–Crippen LogP) is 2.39. The second kappa shape index (κ2) is 7.33. The average Bonchev–Trinajstić information content (AvgIpc) is 3.47. The molecule has 0 atom stereocenters. The summed E-state index contributed by atoms with van der Waals surface area (Å²) in [4.78, 5) is 31.2. The molecule has 0 unspecified atom stereocenters. The molecule has 1 aliphatic rings. The van der Waals surface area contributed by atoms with E-state index in [1.807, 2.05) is 36.0 Å². The quantitative estimate of drug-likeness (QED) is 0.515. The molecule has 5 rings (SSSR count). The molecule has 0 spiro atoms. The minimum absolute atomic E-state index is 0.0291. The molecule has 154 valence electrons. The molecule has 0 N–H and O–H groups in total. The zero-order chi connectivity index (χ0) is 20.7. The van der Waals surface area contributed by atoms with Crippen molar-refractivity contribution in [1.82, 2.24) is 24.2 Å². The van der Waals surface area contributed by atoms with E-state index in [-0.39, 0.29) is 18.4 Å². The van der Waals surface area contributed by atoms with Gasteiger partial charge < -0.3 is 18.4 Å². The third kappa shape index (κ3) is 3.22. The largest absolute Gasteiger partial charge is 0.420 e. The Kier molecular flexibility index (Phi) is 4.50. The van der Waals surface area contributed by atoms with E-state index in [9.17, 15) is 9.59 Å². The molecule has 1 aliphatic heterocycles. The molecular formula is C21H21N5O4. The maximum atomic E-state index is 12.8. The highest BCUT2D eigenvalue weighted by atomic mass is 16.5. The number of rotatable bonds is 4. The Morgan fingerprint density at radius 3 is 2.73 bits per heavy atom. The third-order valence-electron chi connectivity index (χ3n) is 5.68. The summed E-state index contributed by atoms with van der Waals surface area (Å²) in [6, 6.07) is 11.0. The van der Waals surface area contributed by atoms with Gasteiger partial charge in [0.05, 0.1) is 11.2 Å². The molecule has 3 aromatic heterocycles. The first-order valence-corrected chi connectivity index (χ1v) is 9.91. The topological polar surface area (TPSA) is 99.3 Å². The van der Waals surface area contributed by atoms with Crippen molar-refractivity contribution < 1.29 is 13.7 Å². The van der Waals surface area contributed by atoms with Crippen LogP contribution in [-0.2, 0) is 18.4 Å². The summed E-state index contributed by atoms with van der Waals surface area (Å²) in [6.07, 6.45) is 3.41. The molecule has 1 fully saturated rings. The summed E-state index contributed by atoms with van der Waals surface area (Å²) >= 11 is 0. The Balaban J connectivity index is 1.24. The van der Waals surface area contributed by atoms with Crippen LogP contribution in [0.5, 0.6) is 0 Å². The second-order valence-corrected chi connectivity index (χ2v) is 7.54. The van der Waals surface area contributed by atoms with Gasteiger partial charge in [-0.2, -0.15) is 4.98 Å². The number of fused-ring (bicyclic) bond motifs is 1. The Morgan fingerprint density at radius 1 is 1.17 bits per heavy atom. The highest BCUT2D eigenvalue weighted by Gasteiger charge is 2.28. The van der Waals surface area contributed by atoms with Crippen LogP contribution >= 0.6 is 0 Å². The maximum absolute atomic E-state index is 12.8. The highest BCUT2D eigenvalue weighted by molar-refractivity contribution is 5.79. The van der Waals surface area contributed by atoms with Crippen molar-refractivity contribution in [3.05, 3.63) is 59.0 Å². The fourth-order valence-electron chi connectivity index (χ4n) is 3.97. The van der Waals surface area contributed by atoms with Crippen molar-refractivity contribution in [2.75, 3.05) is 13.1 Å². The van der Waals surface area contributed by atoms with Crippen molar-refractivity contribution in [2.24, 2.45) is 7.05 Å². The minimum Gasteiger partial charge on any atom is -0.408 e. The lowest BCUT2D eigenvalue weighted by molar-refractivity contribution is -0.133. The van der Waals surface area contributed by atoms with Gasteiger partial charge in [-0.3, -0.25) is 9.36 Å². The first kappa shape index (κ1) is 18.4. The number of likely N-dealkylation sites (tertiary alicyclic amines) is 1. The van der Waals surface area contributed by atoms with E-state index in [1.54, 1.807) is 23.1 Å². The third-order valence-corrected chi connectivity index (χ3v) is 5.68. The van der Waals surface area contributed by atoms with E-state index in [1.165, 1.54) is 4.57 Å². The average molecular weight is 407 g/mol. The maximum Gasteiger partial charge on any atom is 0.420 e. The number of aryl methyl sites for hydroxylation is 1. The van der Waals surface area contributed by atoms with E-state index >= 15 is 0 Å². The molecule has 9 heteroatoms. The molecule has 30 heavy (non-hydrogen) atoms. The lowest BCUT2D eigenvalue weighted by atomic mass is 9.96. The van der Waals surface area contributed by atoms with Crippen LogP contribution in [0.2, 0.25) is 0 Å². The van der Waals surface area contributed by atoms with Crippen molar-refractivity contribution in [3.63, 3.8) is 0 Å². The Labute approximate surface area is 171 Å². The Bertz CT molecular complexity index is 1260. The van der Waals surface area contributed by atoms with Gasteiger partial charge in [-0.15, -0.1) is 0 Å². The zero-order valence-corrected chi connectivity index (χ0v) is 16.5. The number of hydrogen-bond acceptors (Lipinski definition) is 6. The molecule has 0 saturated carbocycles. The smallest absolute Gasteiger partial charge is 0.408 e. The molecule has 9 nitrogen and oxygen atoms in total. The summed E-state index contributed by atoms with van der Waals surface area (Å²) < 4.78 is 14.0. The standard InChI is InChI=1S/C21H21N5O4/c1-24-10-4-6-16(24)19-22-20(30-23-19)14-8-11-25(12-9-14)18(27)13-26-15-5-2-3-7-17(15)29-21(26)28/h2-7,10,14H,8-9,11-13H2,1H3. The van der Waals surface area contributed by atoms with Crippen LogP contribution in [0.3, 0.4) is 0 Å². The number of hydrogen-bond donors (Lipinski definition) is 0. The van der Waals surface area contributed by atoms with Crippen molar-refractivity contribution in [3.8, 4) is 11.5 Å². The number of aromatic nitrogens is 4. The molecule has 1 saturated heterocycles. The summed E-state index contributed by atoms with van der Waals surface area (Å²) in [5.41, 5.74) is 2.01. The molecule has 1 amide bonds. The number of nitrogens with zero attached hydrogens (tertiary/aromatic N) is 5. The van der Waals surface area contributed by atoms with Gasteiger partial charge in [0.15, 0.2) is 5.58 Å². The molecule has 4 heterocycles. The summed E-state index contributed by atoms with van der Waals surface area (Å²) in [6.45, 7) is 1.13. The van der Waals surface area contributed by atoms with Gasteiger partial charge >= 0.3 is 5.76 Å². The van der Waals surface area contributed by atoms with Gasteiger partial charge in [0.25, 0.3) is 0 Å². The van der Waals surface area contributed by atoms with Crippen LogP contribution in [-0.4, -0.2) is 43.2 Å². The van der Waals surface area contributed by atoms with Crippen LogP contribution in [0.4, 0.5) is 0 Å². The SMILES string of the molecule is Cn1cccc1-c1noc(C2CCN(C(=O)Cn3c(=O)oc4ccccc43)CC2)n1. The lowest BCUT2D eigenvalue weighted by Gasteiger charge is -2.30. The fourth-order valence-corrected chi connectivity index (χ4v) is 3.97. The van der Waals surface area contributed by atoms with Crippen molar-refractivity contribution >= 4 is 17.0 Å². The molecule has 0 bridgehead atoms. The monoisotopic (exact) mass is 407 g/mol. The molecule has 1 aromatic carbocycles. The number of oxazole rings is 1. The van der Waals surface area contributed by atoms with E-state index in [0.717, 1.165) is 18.5 Å². The molecule has 4 aromatic rings. The van der Waals surface area contributed by atoms with E-state index in [4.69, 9.17) is 8.94 Å². The van der Waals surface area contributed by atoms with Gasteiger partial charge in [-0.25, -0.2) is 4.79 Å². The van der Waals surface area contributed by atoms with E-state index in [2.05, 4.69) is 10.1 Å². The lowest BCUT2D eigenvalue weighted by Crippen LogP contribution is -2.40. The molecule has 0 aliphatic carbocycles. The summed E-state index contributed by atoms with van der Waals surface area (Å²) in [5, 5.41) is 4.10. The van der Waals surface area contributed by atoms with Crippen LogP contribution in [0.15, 0.2) is 56.3 Å². The van der Waals surface area contributed by atoms with Gasteiger partial charge in [0, 0.05) is 32.3 Å². The van der Waals surface area contributed by atoms with Gasteiger partial charge in [0.1, 0.15) is 6.54 Å². The normalized spacial score (nSPS) is 15.2. The Hall–Kier alpha value is -3.62. The van der Waals surface area contributed by atoms with Crippen LogP contribution in [0.25, 0.3) is 22.6 Å². The number of carbonyl (C=O) groups is 1. The summed E-state index contributed by atoms with van der Waals surface area (Å²) in [5.74, 6) is 0.682. The molecule has 0 radical (unpaired) electrons. The van der Waals surface area contributed by atoms with Crippen molar-refractivity contribution in [1.29, 1.82) is 0 Å². The van der Waals surface area contributed by atoms with Crippen LogP contribution in [0, 0.1) is 0 Å². The first-order valence-electron chi connectivity index (χ1n) is 9.91. The minimum atomic E-state index is -0.515. The number of carbonyl (C=O) groups excluding carboxylic acids is 1. The number of amides is 1. The number of piperidine rings is 1. The summed E-state index contributed by atoms with van der Waals surface area (Å²) in [7, 11) is 1.93. The van der Waals surface area contributed by atoms with Gasteiger partial charge in [-0.05, 0) is 37.1 Å². The van der Waals surface area contributed by atoms with E-state index < -0.39 is 5.76 Å². The van der Waals surface area contributed by atoms with Gasteiger partial charge in [0.2, 0.25) is 17.6 Å². The van der Waals surface area contributed by atoms with E-state index in [0.29, 0.717) is 35.9 Å². The zero-order valence-electron chi connectivity index (χ0n) is 16.5. The Morgan fingerprint density at radius 2 is 1.97 bits per heavy atom. The molecular weight excluding hydrogens is 386 g/mol.